The summed E-state index contributed by atoms with van der Waals surface area (Å²) in [5.41, 5.74) is 17.7. The molecule has 0 unspecified atom stereocenters. The number of anilines is 3. The number of furan rings is 1. The summed E-state index contributed by atoms with van der Waals surface area (Å²) in [6, 6.07) is 87.0. The first-order chi connectivity index (χ1) is 31.2. The molecule has 12 aromatic rings. The SMILES string of the molecule is c1ccc(-c2ccc(N(c3ccc(-c4cccc(-n5c6ccccc6c6ccccc65)c4)cc3)c3cccc(-c4ccc(-c5ccccc5)c5oc6ccccc6c45)c3)cc2)cc1. The van der Waals surface area contributed by atoms with Gasteiger partial charge in [0.2, 0.25) is 0 Å². The van der Waals surface area contributed by atoms with Crippen LogP contribution >= 0.6 is 0 Å². The van der Waals surface area contributed by atoms with Crippen molar-refractivity contribution in [2.45, 2.75) is 0 Å². The Morgan fingerprint density at radius 2 is 0.825 bits per heavy atom. The standard InChI is InChI=1S/C60H40N2O/c1-3-15-41(16-4-1)42-29-33-47(34-30-42)61(48-35-31-43(32-36-48)45-19-13-22-50(39-45)62-56-26-10-7-23-53(56)54-24-8-11-27-57(54)62)49-21-14-20-46(40-49)51-37-38-52(44-17-5-2-6-18-44)60-59(51)55-25-9-12-28-58(55)63-60/h1-40H. The predicted octanol–water partition coefficient (Wildman–Crippen LogP) is 16.8. The molecule has 12 rings (SSSR count). The third kappa shape index (κ3) is 6.38. The normalized spacial score (nSPS) is 11.5. The summed E-state index contributed by atoms with van der Waals surface area (Å²) < 4.78 is 9.05. The highest BCUT2D eigenvalue weighted by Crippen LogP contribution is 2.44. The molecular weight excluding hydrogens is 765 g/mol. The van der Waals surface area contributed by atoms with Gasteiger partial charge in [-0.25, -0.2) is 0 Å². The molecule has 3 heteroatoms. The Bertz CT molecular complexity index is 3550. The van der Waals surface area contributed by atoms with Gasteiger partial charge in [0.1, 0.15) is 11.2 Å². The second-order valence-electron chi connectivity index (χ2n) is 16.1. The van der Waals surface area contributed by atoms with Crippen molar-refractivity contribution in [2.24, 2.45) is 0 Å². The van der Waals surface area contributed by atoms with Crippen LogP contribution in [0.3, 0.4) is 0 Å². The zero-order valence-electron chi connectivity index (χ0n) is 34.4. The van der Waals surface area contributed by atoms with Gasteiger partial charge in [-0.1, -0.05) is 170 Å². The zero-order valence-corrected chi connectivity index (χ0v) is 34.4. The molecular formula is C60H40N2O. The highest BCUT2D eigenvalue weighted by atomic mass is 16.3. The van der Waals surface area contributed by atoms with E-state index in [1.165, 1.54) is 32.9 Å². The van der Waals surface area contributed by atoms with Crippen molar-refractivity contribution in [2.75, 3.05) is 4.90 Å². The van der Waals surface area contributed by atoms with Gasteiger partial charge in [0.05, 0.1) is 11.0 Å². The maximum atomic E-state index is 6.67. The van der Waals surface area contributed by atoms with Crippen LogP contribution in [0.5, 0.6) is 0 Å². The molecule has 0 N–H and O–H groups in total. The molecule has 3 nitrogen and oxygen atoms in total. The molecule has 0 amide bonds. The van der Waals surface area contributed by atoms with Crippen LogP contribution in [0.4, 0.5) is 17.1 Å². The lowest BCUT2D eigenvalue weighted by atomic mass is 9.94. The Labute approximate surface area is 366 Å². The van der Waals surface area contributed by atoms with E-state index in [0.29, 0.717) is 0 Å². The molecule has 10 aromatic carbocycles. The second kappa shape index (κ2) is 15.3. The number of para-hydroxylation sites is 3. The van der Waals surface area contributed by atoms with Gasteiger partial charge in [-0.15, -0.1) is 0 Å². The number of hydrogen-bond acceptors (Lipinski definition) is 2. The largest absolute Gasteiger partial charge is 0.455 e. The highest BCUT2D eigenvalue weighted by Gasteiger charge is 2.20. The average molecular weight is 805 g/mol. The third-order valence-corrected chi connectivity index (χ3v) is 12.4. The maximum absolute atomic E-state index is 6.67. The van der Waals surface area contributed by atoms with Crippen molar-refractivity contribution in [1.29, 1.82) is 0 Å². The fourth-order valence-corrected chi connectivity index (χ4v) is 9.44. The first-order valence-corrected chi connectivity index (χ1v) is 21.5. The van der Waals surface area contributed by atoms with Crippen molar-refractivity contribution in [3.05, 3.63) is 243 Å². The summed E-state index contributed by atoms with van der Waals surface area (Å²) >= 11 is 0. The number of hydrogen-bond donors (Lipinski definition) is 0. The Morgan fingerprint density at radius 1 is 0.317 bits per heavy atom. The minimum Gasteiger partial charge on any atom is -0.455 e. The molecule has 2 aromatic heterocycles. The molecule has 0 aliphatic rings. The molecule has 0 radical (unpaired) electrons. The minimum atomic E-state index is 0.883. The number of benzene rings is 10. The molecule has 0 bridgehead atoms. The Kier molecular flexibility index (Phi) is 8.83. The number of rotatable bonds is 8. The van der Waals surface area contributed by atoms with Gasteiger partial charge < -0.3 is 13.9 Å². The van der Waals surface area contributed by atoms with Crippen molar-refractivity contribution in [1.82, 2.24) is 4.57 Å². The lowest BCUT2D eigenvalue weighted by Crippen LogP contribution is -2.10. The fourth-order valence-electron chi connectivity index (χ4n) is 9.44. The maximum Gasteiger partial charge on any atom is 0.143 e. The number of fused-ring (bicyclic) bond motifs is 6. The van der Waals surface area contributed by atoms with Gasteiger partial charge in [-0.2, -0.15) is 0 Å². The van der Waals surface area contributed by atoms with Gasteiger partial charge in [0.25, 0.3) is 0 Å². The quantitative estimate of drug-likeness (QED) is 0.153. The van der Waals surface area contributed by atoms with Crippen LogP contribution in [-0.4, -0.2) is 4.57 Å². The van der Waals surface area contributed by atoms with E-state index in [9.17, 15) is 0 Å². The summed E-state index contributed by atoms with van der Waals surface area (Å²) in [5.74, 6) is 0. The van der Waals surface area contributed by atoms with E-state index in [4.69, 9.17) is 4.42 Å². The van der Waals surface area contributed by atoms with E-state index < -0.39 is 0 Å². The average Bonchev–Trinajstić information content (AvgIpc) is 3.92. The fraction of sp³-hybridized carbons (Fsp3) is 0. The first kappa shape index (κ1) is 36.5. The molecule has 0 aliphatic heterocycles. The monoisotopic (exact) mass is 804 g/mol. The predicted molar refractivity (Wildman–Crippen MR) is 264 cm³/mol. The summed E-state index contributed by atoms with van der Waals surface area (Å²) in [4.78, 5) is 2.36. The van der Waals surface area contributed by atoms with Crippen molar-refractivity contribution in [3.63, 3.8) is 0 Å². The minimum absolute atomic E-state index is 0.883. The smallest absolute Gasteiger partial charge is 0.143 e. The van der Waals surface area contributed by atoms with E-state index in [2.05, 4.69) is 246 Å². The van der Waals surface area contributed by atoms with Gasteiger partial charge in [-0.3, -0.25) is 0 Å². The van der Waals surface area contributed by atoms with Crippen molar-refractivity contribution >= 4 is 60.8 Å². The highest BCUT2D eigenvalue weighted by molar-refractivity contribution is 6.16. The molecule has 0 atom stereocenters. The van der Waals surface area contributed by atoms with Crippen LogP contribution in [-0.2, 0) is 0 Å². The molecule has 0 saturated heterocycles. The van der Waals surface area contributed by atoms with Crippen LogP contribution in [0, 0.1) is 0 Å². The van der Waals surface area contributed by atoms with Gasteiger partial charge in [0, 0.05) is 49.9 Å². The second-order valence-corrected chi connectivity index (χ2v) is 16.1. The molecule has 0 saturated carbocycles. The summed E-state index contributed by atoms with van der Waals surface area (Å²) in [5, 5.41) is 4.75. The third-order valence-electron chi connectivity index (χ3n) is 12.4. The van der Waals surface area contributed by atoms with Gasteiger partial charge in [-0.05, 0) is 112 Å². The Morgan fingerprint density at radius 3 is 1.51 bits per heavy atom. The van der Waals surface area contributed by atoms with Gasteiger partial charge in [0.15, 0.2) is 0 Å². The van der Waals surface area contributed by atoms with E-state index in [1.807, 2.05) is 6.07 Å². The van der Waals surface area contributed by atoms with Crippen molar-refractivity contribution in [3.8, 4) is 50.2 Å². The molecule has 2 heterocycles. The number of aromatic nitrogens is 1. The van der Waals surface area contributed by atoms with Crippen LogP contribution in [0.1, 0.15) is 0 Å². The lowest BCUT2D eigenvalue weighted by molar-refractivity contribution is 0.670. The molecule has 0 spiro atoms. The lowest BCUT2D eigenvalue weighted by Gasteiger charge is -2.26. The van der Waals surface area contributed by atoms with Crippen LogP contribution in [0.25, 0.3) is 93.9 Å². The van der Waals surface area contributed by atoms with E-state index in [-0.39, 0.29) is 0 Å². The molecule has 63 heavy (non-hydrogen) atoms. The van der Waals surface area contributed by atoms with Crippen molar-refractivity contribution < 1.29 is 4.42 Å². The summed E-state index contributed by atoms with van der Waals surface area (Å²) in [6.07, 6.45) is 0. The summed E-state index contributed by atoms with van der Waals surface area (Å²) in [7, 11) is 0. The first-order valence-electron chi connectivity index (χ1n) is 21.5. The summed E-state index contributed by atoms with van der Waals surface area (Å²) in [6.45, 7) is 0. The van der Waals surface area contributed by atoms with Crippen LogP contribution in [0.2, 0.25) is 0 Å². The Hall–Kier alpha value is -8.40. The van der Waals surface area contributed by atoms with E-state index in [1.54, 1.807) is 0 Å². The van der Waals surface area contributed by atoms with E-state index >= 15 is 0 Å². The number of nitrogens with zero attached hydrogens (tertiary/aromatic N) is 2. The molecule has 0 fully saturated rings. The molecule has 296 valence electrons. The molecule has 0 aliphatic carbocycles. The van der Waals surface area contributed by atoms with Crippen LogP contribution in [0.15, 0.2) is 247 Å². The van der Waals surface area contributed by atoms with E-state index in [0.717, 1.165) is 78.1 Å². The van der Waals surface area contributed by atoms with Crippen LogP contribution < -0.4 is 4.90 Å². The zero-order chi connectivity index (χ0) is 41.7. The van der Waals surface area contributed by atoms with Gasteiger partial charge >= 0.3 is 0 Å². The Balaban J connectivity index is 0.968. The topological polar surface area (TPSA) is 21.3 Å².